The van der Waals surface area contributed by atoms with Gasteiger partial charge in [0.2, 0.25) is 0 Å². The van der Waals surface area contributed by atoms with Crippen molar-refractivity contribution in [2.45, 2.75) is 0 Å². The van der Waals surface area contributed by atoms with E-state index in [0.717, 1.165) is 16.7 Å². The van der Waals surface area contributed by atoms with E-state index in [1.54, 1.807) is 4.70 Å². The van der Waals surface area contributed by atoms with E-state index in [4.69, 9.17) is 6.42 Å². The smallest absolute Gasteiger partial charge is 0.115 e. The van der Waals surface area contributed by atoms with Crippen molar-refractivity contribution in [2.24, 2.45) is 10.3 Å². The van der Waals surface area contributed by atoms with Gasteiger partial charge in [0.05, 0.1) is 5.10 Å². The van der Waals surface area contributed by atoms with Crippen molar-refractivity contribution in [3.63, 3.8) is 0 Å². The quantitative estimate of drug-likeness (QED) is 0.528. The normalized spacial score (nSPS) is 12.0. The maximum absolute atomic E-state index is 5.32. The van der Waals surface area contributed by atoms with Crippen molar-refractivity contribution in [1.82, 2.24) is 0 Å². The van der Waals surface area contributed by atoms with Crippen molar-refractivity contribution in [3.8, 4) is 36.1 Å². The molecule has 0 unspecified atom stereocenters. The first-order valence-electron chi connectivity index (χ1n) is 7.04. The van der Waals surface area contributed by atoms with Crippen LogP contribution < -0.4 is 0 Å². The van der Waals surface area contributed by atoms with Gasteiger partial charge in [0.25, 0.3) is 5.71 Å². The number of terminal acetylenes is 1. The summed E-state index contributed by atoms with van der Waals surface area (Å²) in [7, 11) is 0. The Bertz CT molecular complexity index is 936. The molecule has 2 aromatic rings. The summed E-state index contributed by atoms with van der Waals surface area (Å²) in [6.07, 6.45) is 5.32. The molecule has 3 nitrogen and oxygen atoms in total. The zero-order chi connectivity index (χ0) is 15.9. The van der Waals surface area contributed by atoms with Crippen molar-refractivity contribution in [3.05, 3.63) is 71.3 Å². The standard InChI is InChI=1S/C20H12N3/c1-2-17-8-10-19(11-9-17)14-15-23-16-20(21-22-23)13-12-18-6-4-3-5-7-18/h1,3-11H,16H2/q+1. The highest BCUT2D eigenvalue weighted by molar-refractivity contribution is 6.01. The van der Waals surface area contributed by atoms with Gasteiger partial charge in [0.15, 0.2) is 6.54 Å². The van der Waals surface area contributed by atoms with Gasteiger partial charge < -0.3 is 0 Å². The molecule has 23 heavy (non-hydrogen) atoms. The van der Waals surface area contributed by atoms with Crippen LogP contribution in [0.25, 0.3) is 0 Å². The second-order valence-electron chi connectivity index (χ2n) is 4.77. The first-order chi connectivity index (χ1) is 11.3. The monoisotopic (exact) mass is 294 g/mol. The number of hydrogen-bond donors (Lipinski definition) is 0. The predicted octanol–water partition coefficient (Wildman–Crippen LogP) is 2.86. The molecule has 0 spiro atoms. The van der Waals surface area contributed by atoms with Gasteiger partial charge in [0.1, 0.15) is 11.3 Å². The van der Waals surface area contributed by atoms with E-state index in [2.05, 4.69) is 40.1 Å². The molecule has 0 fully saturated rings. The summed E-state index contributed by atoms with van der Waals surface area (Å²) in [5.74, 6) is 11.7. The Labute approximate surface area is 135 Å². The Balaban J connectivity index is 1.63. The third kappa shape index (κ3) is 3.94. The molecule has 0 saturated carbocycles. The van der Waals surface area contributed by atoms with Crippen LogP contribution in [0.4, 0.5) is 0 Å². The zero-order valence-electron chi connectivity index (χ0n) is 12.3. The van der Waals surface area contributed by atoms with Crippen molar-refractivity contribution < 1.29 is 4.70 Å². The van der Waals surface area contributed by atoms with Crippen LogP contribution in [0.1, 0.15) is 16.7 Å². The third-order valence-electron chi connectivity index (χ3n) is 3.08. The molecule has 1 aliphatic rings. The van der Waals surface area contributed by atoms with Gasteiger partial charge in [-0.3, -0.25) is 0 Å². The van der Waals surface area contributed by atoms with Crippen LogP contribution >= 0.6 is 0 Å². The molecular weight excluding hydrogens is 282 g/mol. The lowest BCUT2D eigenvalue weighted by molar-refractivity contribution is -0.487. The first-order valence-corrected chi connectivity index (χ1v) is 7.04. The fraction of sp³-hybridized carbons (Fsp3) is 0.0500. The number of rotatable bonds is 0. The van der Waals surface area contributed by atoms with E-state index < -0.39 is 0 Å². The Morgan fingerprint density at radius 1 is 0.826 bits per heavy atom. The van der Waals surface area contributed by atoms with Crippen LogP contribution in [0.2, 0.25) is 0 Å². The summed E-state index contributed by atoms with van der Waals surface area (Å²) in [6.45, 7) is 0.495. The second-order valence-corrected chi connectivity index (χ2v) is 4.77. The van der Waals surface area contributed by atoms with Crippen LogP contribution in [0.3, 0.4) is 0 Å². The predicted molar refractivity (Wildman–Crippen MR) is 89.6 cm³/mol. The second kappa shape index (κ2) is 6.90. The van der Waals surface area contributed by atoms with Crippen LogP contribution in [-0.4, -0.2) is 17.0 Å². The van der Waals surface area contributed by atoms with Gasteiger partial charge in [-0.15, -0.1) is 6.42 Å². The van der Waals surface area contributed by atoms with Gasteiger partial charge in [0, 0.05) is 16.7 Å². The minimum Gasteiger partial charge on any atom is -0.115 e. The molecule has 2 aromatic carbocycles. The molecular formula is C20H12N3+. The number of benzene rings is 2. The van der Waals surface area contributed by atoms with Gasteiger partial charge in [-0.1, -0.05) is 34.7 Å². The highest BCUT2D eigenvalue weighted by Gasteiger charge is 2.16. The Morgan fingerprint density at radius 3 is 2.26 bits per heavy atom. The fourth-order valence-corrected chi connectivity index (χ4v) is 1.88. The minimum atomic E-state index is 0.495. The Kier molecular flexibility index (Phi) is 4.30. The molecule has 0 N–H and O–H groups in total. The first kappa shape index (κ1) is 14.3. The fourth-order valence-electron chi connectivity index (χ4n) is 1.88. The highest BCUT2D eigenvalue weighted by Crippen LogP contribution is 2.02. The maximum Gasteiger partial charge on any atom is 0.275 e. The van der Waals surface area contributed by atoms with Crippen LogP contribution in [0.15, 0.2) is 64.9 Å². The maximum atomic E-state index is 5.32. The molecule has 1 aliphatic heterocycles. The Morgan fingerprint density at radius 2 is 1.52 bits per heavy atom. The molecule has 3 rings (SSSR count). The van der Waals surface area contributed by atoms with Crippen molar-refractivity contribution in [1.29, 1.82) is 0 Å². The van der Waals surface area contributed by atoms with Gasteiger partial charge in [-0.2, -0.15) is 0 Å². The summed E-state index contributed by atoms with van der Waals surface area (Å²) in [5, 5.41) is 8.03. The van der Waals surface area contributed by atoms with Gasteiger partial charge in [-0.25, -0.2) is 0 Å². The number of nitrogens with zero attached hydrogens (tertiary/aromatic N) is 3. The molecule has 1 heterocycles. The van der Waals surface area contributed by atoms with Crippen LogP contribution in [0.5, 0.6) is 0 Å². The molecule has 106 valence electrons. The lowest BCUT2D eigenvalue weighted by atomic mass is 10.1. The lowest BCUT2D eigenvalue weighted by Gasteiger charge is -1.90. The molecule has 0 saturated heterocycles. The van der Waals surface area contributed by atoms with E-state index in [9.17, 15) is 0 Å². The van der Waals surface area contributed by atoms with E-state index >= 15 is 0 Å². The van der Waals surface area contributed by atoms with Gasteiger partial charge >= 0.3 is 0 Å². The van der Waals surface area contributed by atoms with Crippen molar-refractivity contribution in [2.75, 3.05) is 6.54 Å². The van der Waals surface area contributed by atoms with E-state index in [1.807, 2.05) is 54.6 Å². The summed E-state index contributed by atoms with van der Waals surface area (Å²) in [6, 6.07) is 20.2. The summed E-state index contributed by atoms with van der Waals surface area (Å²) < 4.78 is 1.57. The summed E-state index contributed by atoms with van der Waals surface area (Å²) in [5.41, 5.74) is 3.37. The van der Waals surface area contributed by atoms with E-state index in [1.165, 1.54) is 0 Å². The van der Waals surface area contributed by atoms with E-state index in [0.29, 0.717) is 12.3 Å². The molecule has 0 bridgehead atoms. The SMILES string of the molecule is C#Cc1ccc(C#C[N+]2=NN=C(C#Cc3ccccc3)C2)cc1. The Hall–Kier alpha value is -3.61. The minimum absolute atomic E-state index is 0.495. The summed E-state index contributed by atoms with van der Waals surface area (Å²) in [4.78, 5) is 0. The molecule has 0 atom stereocenters. The van der Waals surface area contributed by atoms with Crippen LogP contribution in [-0.2, 0) is 0 Å². The molecule has 0 amide bonds. The highest BCUT2D eigenvalue weighted by atomic mass is 15.5. The van der Waals surface area contributed by atoms with E-state index in [-0.39, 0.29) is 0 Å². The van der Waals surface area contributed by atoms with Crippen molar-refractivity contribution >= 4 is 5.71 Å². The molecule has 3 heteroatoms. The molecule has 0 aromatic heterocycles. The van der Waals surface area contributed by atoms with Gasteiger partial charge in [-0.05, 0) is 48.2 Å². The average molecular weight is 294 g/mol. The lowest BCUT2D eigenvalue weighted by Crippen LogP contribution is -2.07. The average Bonchev–Trinajstić information content (AvgIpc) is 3.07. The third-order valence-corrected chi connectivity index (χ3v) is 3.08. The number of hydrogen-bond acceptors (Lipinski definition) is 2. The molecule has 0 radical (unpaired) electrons. The largest absolute Gasteiger partial charge is 0.275 e. The molecule has 0 aliphatic carbocycles. The topological polar surface area (TPSA) is 27.7 Å². The summed E-state index contributed by atoms with van der Waals surface area (Å²) >= 11 is 0. The zero-order valence-corrected chi connectivity index (χ0v) is 12.3. The van der Waals surface area contributed by atoms with Crippen LogP contribution in [0, 0.1) is 36.1 Å².